The number of piperidine rings is 1. The number of benzene rings is 2. The van der Waals surface area contributed by atoms with Crippen LogP contribution < -0.4 is 15.4 Å². The van der Waals surface area contributed by atoms with E-state index in [1.54, 1.807) is 0 Å². The van der Waals surface area contributed by atoms with Crippen molar-refractivity contribution in [2.45, 2.75) is 18.9 Å². The number of nitro benzene ring substituents is 1. The van der Waals surface area contributed by atoms with Crippen LogP contribution in [0, 0.1) is 10.1 Å². The van der Waals surface area contributed by atoms with Gasteiger partial charge in [-0.2, -0.15) is 0 Å². The van der Waals surface area contributed by atoms with Gasteiger partial charge in [-0.3, -0.25) is 44.8 Å². The lowest BCUT2D eigenvalue weighted by Gasteiger charge is -2.27. The molecule has 0 bridgehead atoms. The van der Waals surface area contributed by atoms with Gasteiger partial charge in [-0.1, -0.05) is 0 Å². The smallest absolute Gasteiger partial charge is 0.410 e. The predicted molar refractivity (Wildman–Crippen MR) is 106 cm³/mol. The summed E-state index contributed by atoms with van der Waals surface area (Å²) in [7, 11) is 0. The molecule has 0 aliphatic carbocycles. The SMILES string of the molecule is O=C1CCC(N2C(=O)c3ccc(NC(=O)Oc4ccc([N+](=O)[O-])cc4)cc3C2=O)C(=O)N1. The molecule has 32 heavy (non-hydrogen) atoms. The highest BCUT2D eigenvalue weighted by molar-refractivity contribution is 6.23. The number of non-ortho nitro benzene ring substituents is 1. The van der Waals surface area contributed by atoms with Crippen LogP contribution in [0.15, 0.2) is 42.5 Å². The number of carbonyl (C=O) groups is 5. The lowest BCUT2D eigenvalue weighted by atomic mass is 10.0. The van der Waals surface area contributed by atoms with Gasteiger partial charge in [0.05, 0.1) is 16.1 Å². The first-order valence-electron chi connectivity index (χ1n) is 9.33. The zero-order valence-electron chi connectivity index (χ0n) is 16.2. The minimum atomic E-state index is -1.09. The van der Waals surface area contributed by atoms with Crippen molar-refractivity contribution in [2.24, 2.45) is 0 Å². The summed E-state index contributed by atoms with van der Waals surface area (Å²) in [5.74, 6) is -2.52. The van der Waals surface area contributed by atoms with Crippen molar-refractivity contribution in [3.05, 3.63) is 63.7 Å². The summed E-state index contributed by atoms with van der Waals surface area (Å²) in [5, 5.41) is 15.2. The highest BCUT2D eigenvalue weighted by atomic mass is 16.6. The maximum atomic E-state index is 12.8. The van der Waals surface area contributed by atoms with E-state index < -0.39 is 40.7 Å². The molecule has 12 nitrogen and oxygen atoms in total. The molecule has 162 valence electrons. The third-order valence-corrected chi connectivity index (χ3v) is 4.94. The number of imide groups is 2. The molecule has 2 aromatic rings. The first kappa shape index (κ1) is 20.7. The Morgan fingerprint density at radius 2 is 1.75 bits per heavy atom. The average Bonchev–Trinajstić information content (AvgIpc) is 2.98. The molecule has 2 heterocycles. The number of rotatable bonds is 4. The Hall–Kier alpha value is -4.61. The van der Waals surface area contributed by atoms with Gasteiger partial charge in [-0.25, -0.2) is 4.79 Å². The topological polar surface area (TPSA) is 165 Å². The second kappa shape index (κ2) is 7.91. The van der Waals surface area contributed by atoms with Crippen molar-refractivity contribution < 1.29 is 33.6 Å². The van der Waals surface area contributed by atoms with Crippen LogP contribution in [-0.2, 0) is 9.59 Å². The molecule has 1 saturated heterocycles. The van der Waals surface area contributed by atoms with Crippen LogP contribution in [0.1, 0.15) is 33.6 Å². The van der Waals surface area contributed by atoms with Gasteiger partial charge >= 0.3 is 6.09 Å². The van der Waals surface area contributed by atoms with Crippen molar-refractivity contribution in [1.82, 2.24) is 10.2 Å². The fourth-order valence-corrected chi connectivity index (χ4v) is 3.44. The summed E-state index contributed by atoms with van der Waals surface area (Å²) < 4.78 is 5.04. The van der Waals surface area contributed by atoms with Gasteiger partial charge in [0, 0.05) is 24.2 Å². The van der Waals surface area contributed by atoms with Gasteiger partial charge in [0.1, 0.15) is 11.8 Å². The monoisotopic (exact) mass is 438 g/mol. The summed E-state index contributed by atoms with van der Waals surface area (Å²) >= 11 is 0. The van der Waals surface area contributed by atoms with E-state index in [0.29, 0.717) is 0 Å². The summed E-state index contributed by atoms with van der Waals surface area (Å²) in [6.07, 6.45) is -0.883. The Morgan fingerprint density at radius 1 is 1.06 bits per heavy atom. The Kier molecular flexibility index (Phi) is 5.10. The van der Waals surface area contributed by atoms with Gasteiger partial charge in [0.15, 0.2) is 0 Å². The zero-order chi connectivity index (χ0) is 23.0. The molecule has 4 rings (SSSR count). The van der Waals surface area contributed by atoms with Crippen LogP contribution >= 0.6 is 0 Å². The van der Waals surface area contributed by atoms with Crippen LogP contribution in [0.25, 0.3) is 0 Å². The number of hydrogen-bond donors (Lipinski definition) is 2. The largest absolute Gasteiger partial charge is 0.417 e. The minimum Gasteiger partial charge on any atom is -0.410 e. The fraction of sp³-hybridized carbons (Fsp3) is 0.150. The molecule has 1 fully saturated rings. The zero-order valence-corrected chi connectivity index (χ0v) is 16.2. The summed E-state index contributed by atoms with van der Waals surface area (Å²) in [6, 6.07) is 7.75. The van der Waals surface area contributed by atoms with Crippen molar-refractivity contribution in [3.63, 3.8) is 0 Å². The van der Waals surface area contributed by atoms with Crippen molar-refractivity contribution in [3.8, 4) is 5.75 Å². The van der Waals surface area contributed by atoms with Gasteiger partial charge in [0.25, 0.3) is 17.5 Å². The number of amides is 5. The first-order valence-corrected chi connectivity index (χ1v) is 9.33. The molecule has 5 amide bonds. The van der Waals surface area contributed by atoms with Gasteiger partial charge < -0.3 is 4.74 Å². The Balaban J connectivity index is 1.47. The maximum Gasteiger partial charge on any atom is 0.417 e. The van der Waals surface area contributed by atoms with Crippen LogP contribution in [-0.4, -0.2) is 45.6 Å². The summed E-state index contributed by atoms with van der Waals surface area (Å²) in [5.41, 5.74) is 0.0453. The number of nitrogens with one attached hydrogen (secondary N) is 2. The number of ether oxygens (including phenoxy) is 1. The number of anilines is 1. The summed E-state index contributed by atoms with van der Waals surface area (Å²) in [6.45, 7) is 0. The number of fused-ring (bicyclic) bond motifs is 1. The Bertz CT molecular complexity index is 1190. The minimum absolute atomic E-state index is 0.00506. The average molecular weight is 438 g/mol. The number of hydrogen-bond acceptors (Lipinski definition) is 8. The normalized spacial score (nSPS) is 17.6. The molecule has 0 saturated carbocycles. The quantitative estimate of drug-likeness (QED) is 0.413. The molecule has 12 heteroatoms. The number of carbonyl (C=O) groups excluding carboxylic acids is 5. The molecule has 2 aliphatic heterocycles. The Morgan fingerprint density at radius 3 is 2.41 bits per heavy atom. The molecule has 0 spiro atoms. The molecule has 2 N–H and O–H groups in total. The molecular weight excluding hydrogens is 424 g/mol. The standard InChI is InChI=1S/C20H14N4O8/c25-16-8-7-15(17(26)22-16)23-18(27)13-6-1-10(9-14(13)19(23)28)21-20(29)32-12-4-2-11(3-5-12)24(30)31/h1-6,9,15H,7-8H2,(H,21,29)(H,22,25,26). The number of nitro groups is 1. The predicted octanol–water partition coefficient (Wildman–Crippen LogP) is 1.61. The lowest BCUT2D eigenvalue weighted by Crippen LogP contribution is -2.54. The van der Waals surface area contributed by atoms with Crippen molar-refractivity contribution in [2.75, 3.05) is 5.32 Å². The first-order chi connectivity index (χ1) is 15.2. The molecular formula is C20H14N4O8. The summed E-state index contributed by atoms with van der Waals surface area (Å²) in [4.78, 5) is 71.9. The second-order valence-corrected chi connectivity index (χ2v) is 6.97. The maximum absolute atomic E-state index is 12.8. The van der Waals surface area contributed by atoms with E-state index in [4.69, 9.17) is 4.74 Å². The van der Waals surface area contributed by atoms with E-state index >= 15 is 0 Å². The molecule has 0 radical (unpaired) electrons. The molecule has 1 atom stereocenters. The molecule has 0 aromatic heterocycles. The van der Waals surface area contributed by atoms with Crippen molar-refractivity contribution in [1.29, 1.82) is 0 Å². The van der Waals surface area contributed by atoms with Gasteiger partial charge in [-0.15, -0.1) is 0 Å². The van der Waals surface area contributed by atoms with Crippen LogP contribution in [0.5, 0.6) is 5.75 Å². The highest BCUT2D eigenvalue weighted by Crippen LogP contribution is 2.29. The van der Waals surface area contributed by atoms with E-state index in [1.807, 2.05) is 0 Å². The van der Waals surface area contributed by atoms with Gasteiger partial charge in [-0.05, 0) is 36.8 Å². The third-order valence-electron chi connectivity index (χ3n) is 4.94. The fourth-order valence-electron chi connectivity index (χ4n) is 3.44. The van der Waals surface area contributed by atoms with E-state index in [-0.39, 0.29) is 41.1 Å². The van der Waals surface area contributed by atoms with E-state index in [1.165, 1.54) is 42.5 Å². The van der Waals surface area contributed by atoms with Crippen LogP contribution in [0.4, 0.5) is 16.2 Å². The second-order valence-electron chi connectivity index (χ2n) is 6.97. The van der Waals surface area contributed by atoms with E-state index in [0.717, 1.165) is 4.90 Å². The number of nitrogens with zero attached hydrogens (tertiary/aromatic N) is 2. The third kappa shape index (κ3) is 3.76. The molecule has 2 aliphatic rings. The van der Waals surface area contributed by atoms with Crippen LogP contribution in [0.2, 0.25) is 0 Å². The van der Waals surface area contributed by atoms with Crippen LogP contribution in [0.3, 0.4) is 0 Å². The van der Waals surface area contributed by atoms with Crippen molar-refractivity contribution >= 4 is 41.1 Å². The molecule has 1 unspecified atom stereocenters. The Labute approximate surface area is 179 Å². The molecule has 2 aromatic carbocycles. The van der Waals surface area contributed by atoms with E-state index in [9.17, 15) is 34.1 Å². The van der Waals surface area contributed by atoms with Gasteiger partial charge in [0.2, 0.25) is 11.8 Å². The lowest BCUT2D eigenvalue weighted by molar-refractivity contribution is -0.384. The van der Waals surface area contributed by atoms with E-state index in [2.05, 4.69) is 10.6 Å². The highest BCUT2D eigenvalue weighted by Gasteiger charge is 2.44.